The molecule has 0 rings (SSSR count). The molecule has 10 heteroatoms. The first-order chi connectivity index (χ1) is 10.1. The molecule has 0 aliphatic heterocycles. The van der Waals surface area contributed by atoms with Crippen molar-refractivity contribution in [3.05, 3.63) is 0 Å². The number of aliphatic carboxylic acids is 1. The fraction of sp³-hybridized carbons (Fsp3) is 0.667. The number of carbonyl (C=O) groups excluding carboxylic acids is 3. The fourth-order valence-corrected chi connectivity index (χ4v) is 1.26. The maximum Gasteiger partial charge on any atom is 0.325 e. The lowest BCUT2D eigenvalue weighted by molar-refractivity contribution is -0.141. The number of carboxylic acids is 1. The molecule has 0 aromatic carbocycles. The van der Waals surface area contributed by atoms with E-state index < -0.39 is 54.5 Å². The fourth-order valence-electron chi connectivity index (χ4n) is 1.26. The van der Waals surface area contributed by atoms with Crippen molar-refractivity contribution in [1.29, 1.82) is 0 Å². The van der Waals surface area contributed by atoms with Crippen LogP contribution in [-0.4, -0.2) is 59.6 Å². The van der Waals surface area contributed by atoms with E-state index in [1.54, 1.807) is 0 Å². The molecule has 9 nitrogen and oxygen atoms in total. The average molecular weight is 320 g/mol. The lowest BCUT2D eigenvalue weighted by Gasteiger charge is -2.20. The van der Waals surface area contributed by atoms with Crippen LogP contribution in [0.3, 0.4) is 0 Å². The number of alkyl halides is 1. The largest absolute Gasteiger partial charge is 0.480 e. The summed E-state index contributed by atoms with van der Waals surface area (Å²) in [6.07, 6.45) is 0. The van der Waals surface area contributed by atoms with E-state index in [9.17, 15) is 23.6 Å². The second kappa shape index (κ2) is 8.93. The van der Waals surface area contributed by atoms with E-state index in [-0.39, 0.29) is 0 Å². The number of halogens is 1. The zero-order valence-corrected chi connectivity index (χ0v) is 12.6. The molecule has 0 aromatic heterocycles. The van der Waals surface area contributed by atoms with Crippen LogP contribution < -0.4 is 21.7 Å². The van der Waals surface area contributed by atoms with Crippen molar-refractivity contribution in [2.24, 2.45) is 5.73 Å². The Labute approximate surface area is 126 Å². The number of carbonyl (C=O) groups is 4. The summed E-state index contributed by atoms with van der Waals surface area (Å²) in [4.78, 5) is 45.4. The maximum absolute atomic E-state index is 12.2. The number of carboxylic acid groups (broad SMARTS) is 1. The van der Waals surface area contributed by atoms with Crippen LogP contribution in [-0.2, 0) is 19.2 Å². The van der Waals surface area contributed by atoms with E-state index in [0.29, 0.717) is 0 Å². The third-order valence-corrected chi connectivity index (χ3v) is 2.74. The molecule has 3 amide bonds. The first-order valence-electron chi connectivity index (χ1n) is 6.55. The second-order valence-electron chi connectivity index (χ2n) is 4.79. The Hall–Kier alpha value is -2.23. The molecule has 0 bridgehead atoms. The predicted octanol–water partition coefficient (Wildman–Crippen LogP) is -2.12. The van der Waals surface area contributed by atoms with Crippen molar-refractivity contribution >= 4 is 23.7 Å². The van der Waals surface area contributed by atoms with Gasteiger partial charge in [0.05, 0.1) is 0 Å². The highest BCUT2D eigenvalue weighted by Gasteiger charge is 2.24. The van der Waals surface area contributed by atoms with Crippen LogP contribution in [0.5, 0.6) is 0 Å². The van der Waals surface area contributed by atoms with Gasteiger partial charge in [0.15, 0.2) is 0 Å². The van der Waals surface area contributed by atoms with Gasteiger partial charge < -0.3 is 26.8 Å². The van der Waals surface area contributed by atoms with Crippen LogP contribution in [0.4, 0.5) is 4.39 Å². The molecular formula is C12H21FN4O5. The smallest absolute Gasteiger partial charge is 0.325 e. The Morgan fingerprint density at radius 2 is 1.27 bits per heavy atom. The van der Waals surface area contributed by atoms with Crippen LogP contribution >= 0.6 is 0 Å². The molecule has 22 heavy (non-hydrogen) atoms. The molecule has 0 spiro atoms. The highest BCUT2D eigenvalue weighted by Crippen LogP contribution is 1.91. The molecule has 0 aliphatic carbocycles. The van der Waals surface area contributed by atoms with Gasteiger partial charge in [-0.2, -0.15) is 0 Å². The van der Waals surface area contributed by atoms with Gasteiger partial charge in [0, 0.05) is 0 Å². The minimum Gasteiger partial charge on any atom is -0.480 e. The van der Waals surface area contributed by atoms with Gasteiger partial charge >= 0.3 is 5.97 Å². The summed E-state index contributed by atoms with van der Waals surface area (Å²) in [6, 6.07) is -4.51. The number of nitrogens with two attached hydrogens (primary N) is 1. The summed E-state index contributed by atoms with van der Waals surface area (Å²) in [5.41, 5.74) is 5.16. The molecule has 0 radical (unpaired) electrons. The van der Waals surface area contributed by atoms with Crippen LogP contribution in [0.15, 0.2) is 0 Å². The highest BCUT2D eigenvalue weighted by atomic mass is 19.1. The zero-order chi connectivity index (χ0) is 17.4. The SMILES string of the molecule is CC(NC(=O)C(C)NC(=O)C(C)NC(=O)C(N)CF)C(=O)O. The standard InChI is InChI=1S/C12H21FN4O5/c1-5(10(19)17-7(3)12(21)22)15-9(18)6(2)16-11(20)8(14)4-13/h5-8H,4,14H2,1-3H3,(H,15,18)(H,16,20)(H,17,19)(H,21,22). The predicted molar refractivity (Wildman–Crippen MR) is 74.4 cm³/mol. The molecule has 4 atom stereocenters. The molecule has 0 saturated heterocycles. The molecule has 0 aliphatic rings. The third-order valence-electron chi connectivity index (χ3n) is 2.74. The number of hydrogen-bond donors (Lipinski definition) is 5. The molecule has 0 heterocycles. The Bertz CT molecular complexity index is 445. The Morgan fingerprint density at radius 3 is 1.64 bits per heavy atom. The van der Waals surface area contributed by atoms with Gasteiger partial charge in [-0.3, -0.25) is 19.2 Å². The van der Waals surface area contributed by atoms with E-state index in [1.807, 2.05) is 0 Å². The van der Waals surface area contributed by atoms with Crippen LogP contribution in [0.1, 0.15) is 20.8 Å². The van der Waals surface area contributed by atoms with E-state index in [2.05, 4.69) is 16.0 Å². The molecule has 126 valence electrons. The van der Waals surface area contributed by atoms with Gasteiger partial charge in [-0.05, 0) is 20.8 Å². The van der Waals surface area contributed by atoms with Crippen LogP contribution in [0.2, 0.25) is 0 Å². The van der Waals surface area contributed by atoms with Crippen molar-refractivity contribution in [3.63, 3.8) is 0 Å². The van der Waals surface area contributed by atoms with Crippen molar-refractivity contribution in [3.8, 4) is 0 Å². The Morgan fingerprint density at radius 1 is 0.909 bits per heavy atom. The van der Waals surface area contributed by atoms with Crippen molar-refractivity contribution in [2.45, 2.75) is 44.9 Å². The zero-order valence-electron chi connectivity index (χ0n) is 12.6. The molecule has 0 aromatic rings. The summed E-state index contributed by atoms with van der Waals surface area (Å²) in [5, 5.41) is 15.3. The average Bonchev–Trinajstić information content (AvgIpc) is 2.45. The number of nitrogens with one attached hydrogen (secondary N) is 3. The van der Waals surface area contributed by atoms with Crippen LogP contribution in [0, 0.1) is 0 Å². The summed E-state index contributed by atoms with van der Waals surface area (Å²) in [7, 11) is 0. The number of amides is 3. The topological polar surface area (TPSA) is 151 Å². The number of rotatable bonds is 8. The quantitative estimate of drug-likeness (QED) is 0.345. The van der Waals surface area contributed by atoms with Crippen molar-refractivity contribution in [1.82, 2.24) is 16.0 Å². The van der Waals surface area contributed by atoms with E-state index in [4.69, 9.17) is 10.8 Å². The lowest BCUT2D eigenvalue weighted by Crippen LogP contribution is -2.55. The summed E-state index contributed by atoms with van der Waals surface area (Å²) >= 11 is 0. The van der Waals surface area contributed by atoms with Crippen molar-refractivity contribution < 1.29 is 28.7 Å². The Kier molecular flexibility index (Phi) is 8.02. The van der Waals surface area contributed by atoms with Gasteiger partial charge in [0.1, 0.15) is 30.8 Å². The van der Waals surface area contributed by atoms with Crippen LogP contribution in [0.25, 0.3) is 0 Å². The van der Waals surface area contributed by atoms with E-state index in [1.165, 1.54) is 20.8 Å². The Balaban J connectivity index is 4.42. The molecule has 0 fully saturated rings. The van der Waals surface area contributed by atoms with Gasteiger partial charge in [0.2, 0.25) is 17.7 Å². The normalized spacial score (nSPS) is 15.9. The lowest BCUT2D eigenvalue weighted by atomic mass is 10.2. The third kappa shape index (κ3) is 6.48. The van der Waals surface area contributed by atoms with Gasteiger partial charge in [-0.1, -0.05) is 0 Å². The number of hydrogen-bond acceptors (Lipinski definition) is 5. The first-order valence-corrected chi connectivity index (χ1v) is 6.55. The second-order valence-corrected chi connectivity index (χ2v) is 4.79. The van der Waals surface area contributed by atoms with E-state index in [0.717, 1.165) is 0 Å². The highest BCUT2D eigenvalue weighted by molar-refractivity contribution is 5.93. The molecular weight excluding hydrogens is 299 g/mol. The van der Waals surface area contributed by atoms with Gasteiger partial charge in [0.25, 0.3) is 0 Å². The maximum atomic E-state index is 12.2. The van der Waals surface area contributed by atoms with Gasteiger partial charge in [-0.25, -0.2) is 4.39 Å². The summed E-state index contributed by atoms with van der Waals surface area (Å²) in [6.45, 7) is 2.90. The summed E-state index contributed by atoms with van der Waals surface area (Å²) in [5.74, 6) is -3.43. The van der Waals surface area contributed by atoms with E-state index >= 15 is 0 Å². The summed E-state index contributed by atoms with van der Waals surface area (Å²) < 4.78 is 12.2. The minimum absolute atomic E-state index is 0.690. The molecule has 4 unspecified atom stereocenters. The molecule has 6 N–H and O–H groups in total. The van der Waals surface area contributed by atoms with Crippen molar-refractivity contribution in [2.75, 3.05) is 6.67 Å². The first kappa shape index (κ1) is 19.8. The minimum atomic E-state index is -1.37. The monoisotopic (exact) mass is 320 g/mol. The molecule has 0 saturated carbocycles. The van der Waals surface area contributed by atoms with Gasteiger partial charge in [-0.15, -0.1) is 0 Å².